The Labute approximate surface area is 123 Å². The molecule has 0 bridgehead atoms. The molecule has 0 aromatic carbocycles. The molecule has 0 saturated heterocycles. The molecule has 5 heteroatoms. The summed E-state index contributed by atoms with van der Waals surface area (Å²) in [4.78, 5) is 11.1. The van der Waals surface area contributed by atoms with Gasteiger partial charge in [-0.3, -0.25) is 0 Å². The highest BCUT2D eigenvalue weighted by Gasteiger charge is 2.10. The fraction of sp³-hybridized carbons (Fsp3) is 0.571. The lowest BCUT2D eigenvalue weighted by atomic mass is 10.0. The van der Waals surface area contributed by atoms with E-state index in [9.17, 15) is 0 Å². The molecule has 0 aliphatic heterocycles. The van der Waals surface area contributed by atoms with Crippen molar-refractivity contribution in [3.05, 3.63) is 17.3 Å². The number of aryl methyl sites for hydroxylation is 1. The van der Waals surface area contributed by atoms with Crippen molar-refractivity contribution in [2.75, 3.05) is 17.7 Å². The second-order valence-corrected chi connectivity index (χ2v) is 6.13. The average Bonchev–Trinajstić information content (AvgIpc) is 2.87. The number of anilines is 1. The summed E-state index contributed by atoms with van der Waals surface area (Å²) in [6.07, 6.45) is 4.87. The van der Waals surface area contributed by atoms with Gasteiger partial charge in [-0.1, -0.05) is 20.3 Å². The van der Waals surface area contributed by atoms with E-state index in [1.165, 1.54) is 4.88 Å². The predicted molar refractivity (Wildman–Crippen MR) is 84.4 cm³/mol. The number of hydrogen-bond donors (Lipinski definition) is 1. The van der Waals surface area contributed by atoms with Crippen molar-refractivity contribution in [2.24, 2.45) is 5.92 Å². The monoisotopic (exact) mass is 297 g/mol. The van der Waals surface area contributed by atoms with E-state index in [0.29, 0.717) is 5.92 Å². The molecule has 0 fully saturated rings. The number of halogens is 1. The van der Waals surface area contributed by atoms with Crippen molar-refractivity contribution in [1.82, 2.24) is 9.97 Å². The highest BCUT2D eigenvalue weighted by molar-refractivity contribution is 7.18. The third kappa shape index (κ3) is 3.57. The van der Waals surface area contributed by atoms with Crippen molar-refractivity contribution in [1.29, 1.82) is 0 Å². The standard InChI is InChI=1S/C14H20ClN3S/c1-3-10(5-6-15)8-16-13-12-7-11(4-2)19-14(12)18-9-17-13/h7,9-10H,3-6,8H2,1-2H3,(H,16,17,18). The summed E-state index contributed by atoms with van der Waals surface area (Å²) in [6, 6.07) is 2.20. The van der Waals surface area contributed by atoms with Gasteiger partial charge in [0.05, 0.1) is 5.39 Å². The van der Waals surface area contributed by atoms with E-state index in [-0.39, 0.29) is 0 Å². The van der Waals surface area contributed by atoms with Crippen LogP contribution in [0.4, 0.5) is 5.82 Å². The highest BCUT2D eigenvalue weighted by Crippen LogP contribution is 2.28. The minimum Gasteiger partial charge on any atom is -0.369 e. The molecule has 2 aromatic rings. The Balaban J connectivity index is 2.13. The Hall–Kier alpha value is -0.870. The Kier molecular flexibility index (Phi) is 5.40. The van der Waals surface area contributed by atoms with Crippen molar-refractivity contribution in [3.8, 4) is 0 Å². The first-order valence-electron chi connectivity index (χ1n) is 6.81. The van der Waals surface area contributed by atoms with Gasteiger partial charge in [0.2, 0.25) is 0 Å². The molecule has 2 aromatic heterocycles. The van der Waals surface area contributed by atoms with E-state index in [4.69, 9.17) is 11.6 Å². The fourth-order valence-corrected chi connectivity index (χ4v) is 3.31. The Morgan fingerprint density at radius 2 is 2.21 bits per heavy atom. The van der Waals surface area contributed by atoms with Crippen LogP contribution in [-0.4, -0.2) is 22.4 Å². The normalized spacial score (nSPS) is 12.8. The van der Waals surface area contributed by atoms with E-state index in [0.717, 1.165) is 47.7 Å². The molecule has 1 unspecified atom stereocenters. The van der Waals surface area contributed by atoms with Gasteiger partial charge in [0.1, 0.15) is 17.0 Å². The van der Waals surface area contributed by atoms with Crippen LogP contribution in [0, 0.1) is 5.92 Å². The van der Waals surface area contributed by atoms with Crippen LogP contribution in [-0.2, 0) is 6.42 Å². The third-order valence-electron chi connectivity index (χ3n) is 3.38. The minimum absolute atomic E-state index is 0.604. The maximum Gasteiger partial charge on any atom is 0.138 e. The smallest absolute Gasteiger partial charge is 0.138 e. The first-order chi connectivity index (χ1) is 9.28. The molecule has 2 rings (SSSR count). The maximum atomic E-state index is 5.82. The molecule has 0 spiro atoms. The molecule has 0 aliphatic carbocycles. The molecule has 0 radical (unpaired) electrons. The predicted octanol–water partition coefficient (Wildman–Crippen LogP) is 4.32. The Morgan fingerprint density at radius 3 is 2.89 bits per heavy atom. The average molecular weight is 298 g/mol. The van der Waals surface area contributed by atoms with Crippen LogP contribution in [0.5, 0.6) is 0 Å². The van der Waals surface area contributed by atoms with Gasteiger partial charge in [-0.15, -0.1) is 22.9 Å². The van der Waals surface area contributed by atoms with Gasteiger partial charge in [0.15, 0.2) is 0 Å². The lowest BCUT2D eigenvalue weighted by molar-refractivity contribution is 0.521. The number of aromatic nitrogens is 2. The van der Waals surface area contributed by atoms with Gasteiger partial charge in [-0.2, -0.15) is 0 Å². The van der Waals surface area contributed by atoms with Gasteiger partial charge in [-0.25, -0.2) is 9.97 Å². The molecule has 3 nitrogen and oxygen atoms in total. The number of fused-ring (bicyclic) bond motifs is 1. The number of thiophene rings is 1. The van der Waals surface area contributed by atoms with Gasteiger partial charge < -0.3 is 5.32 Å². The van der Waals surface area contributed by atoms with E-state index < -0.39 is 0 Å². The number of nitrogens with zero attached hydrogens (tertiary/aromatic N) is 2. The molecule has 1 N–H and O–H groups in total. The quantitative estimate of drug-likeness (QED) is 0.773. The number of alkyl halides is 1. The summed E-state index contributed by atoms with van der Waals surface area (Å²) in [5.41, 5.74) is 0. The maximum absolute atomic E-state index is 5.82. The fourth-order valence-electron chi connectivity index (χ4n) is 2.07. The van der Waals surface area contributed by atoms with Gasteiger partial charge in [-0.05, 0) is 24.8 Å². The Bertz CT molecular complexity index is 526. The molecule has 104 valence electrons. The lowest BCUT2D eigenvalue weighted by Crippen LogP contribution is -2.15. The summed E-state index contributed by atoms with van der Waals surface area (Å²) in [6.45, 7) is 5.29. The second kappa shape index (κ2) is 7.06. The van der Waals surface area contributed by atoms with Crippen LogP contribution in [0.15, 0.2) is 12.4 Å². The van der Waals surface area contributed by atoms with Crippen molar-refractivity contribution in [2.45, 2.75) is 33.1 Å². The number of hydrogen-bond acceptors (Lipinski definition) is 4. The molecule has 1 atom stereocenters. The van der Waals surface area contributed by atoms with Crippen molar-refractivity contribution < 1.29 is 0 Å². The van der Waals surface area contributed by atoms with Gasteiger partial charge >= 0.3 is 0 Å². The van der Waals surface area contributed by atoms with Crippen LogP contribution in [0.25, 0.3) is 10.2 Å². The molecular formula is C14H20ClN3S. The van der Waals surface area contributed by atoms with Crippen molar-refractivity contribution >= 4 is 39.0 Å². The van der Waals surface area contributed by atoms with Crippen LogP contribution in [0.2, 0.25) is 0 Å². The van der Waals surface area contributed by atoms with Crippen LogP contribution >= 0.6 is 22.9 Å². The summed E-state index contributed by atoms with van der Waals surface area (Å²) in [5.74, 6) is 2.28. The molecular weight excluding hydrogens is 278 g/mol. The van der Waals surface area contributed by atoms with E-state index in [1.54, 1.807) is 17.7 Å². The minimum atomic E-state index is 0.604. The molecule has 0 saturated carbocycles. The summed E-state index contributed by atoms with van der Waals surface area (Å²) in [5, 5.41) is 4.60. The highest BCUT2D eigenvalue weighted by atomic mass is 35.5. The number of rotatable bonds is 7. The Morgan fingerprint density at radius 1 is 1.37 bits per heavy atom. The molecule has 2 heterocycles. The lowest BCUT2D eigenvalue weighted by Gasteiger charge is -2.14. The zero-order valence-electron chi connectivity index (χ0n) is 11.4. The van der Waals surface area contributed by atoms with Crippen LogP contribution < -0.4 is 5.32 Å². The van der Waals surface area contributed by atoms with Crippen LogP contribution in [0.3, 0.4) is 0 Å². The summed E-state index contributed by atoms with van der Waals surface area (Å²) in [7, 11) is 0. The van der Waals surface area contributed by atoms with E-state index in [1.807, 2.05) is 0 Å². The second-order valence-electron chi connectivity index (χ2n) is 4.64. The van der Waals surface area contributed by atoms with Gasteiger partial charge in [0.25, 0.3) is 0 Å². The first kappa shape index (κ1) is 14.5. The molecule has 19 heavy (non-hydrogen) atoms. The van der Waals surface area contributed by atoms with E-state index in [2.05, 4.69) is 35.2 Å². The van der Waals surface area contributed by atoms with Crippen molar-refractivity contribution in [3.63, 3.8) is 0 Å². The van der Waals surface area contributed by atoms with Crippen LogP contribution in [0.1, 0.15) is 31.6 Å². The zero-order valence-corrected chi connectivity index (χ0v) is 13.0. The van der Waals surface area contributed by atoms with Gasteiger partial charge in [0, 0.05) is 17.3 Å². The number of nitrogens with one attached hydrogen (secondary N) is 1. The first-order valence-corrected chi connectivity index (χ1v) is 8.16. The summed E-state index contributed by atoms with van der Waals surface area (Å²) < 4.78 is 0. The largest absolute Gasteiger partial charge is 0.369 e. The summed E-state index contributed by atoms with van der Waals surface area (Å²) >= 11 is 7.57. The molecule has 0 amide bonds. The third-order valence-corrected chi connectivity index (χ3v) is 4.79. The zero-order chi connectivity index (χ0) is 13.7. The topological polar surface area (TPSA) is 37.8 Å². The SMILES string of the molecule is CCc1cc2c(NCC(CC)CCCl)ncnc2s1. The van der Waals surface area contributed by atoms with E-state index >= 15 is 0 Å². The molecule has 0 aliphatic rings.